The van der Waals surface area contributed by atoms with Crippen LogP contribution in [-0.2, 0) is 86.4 Å². The SMILES string of the molecule is CC(=O)N[C@H]1CC(=O)NCC(=O)NC[C@@H](C(=O)N[C@H](Cc2ccc3ccccc3c2)C(=O)N[C@@H](CC(C)C)C(=O)N[C@@H](CCCN=C(N)N)C(=O)N2CCC[C@H]2C(=O)N[C@@H](CN)C(=O)O)NC(=O)[C@H](CC(=O)N=[N+]=[N-])NC(=O)[C@@H](Cc2c[nH]c3ccccc23)NC(=O)[C@@H](Cc2ccc(Cl)cc2)NC1=O. The van der Waals surface area contributed by atoms with Crippen LogP contribution >= 0.6 is 11.6 Å². The highest BCUT2D eigenvalue weighted by atomic mass is 35.5. The number of carbonyl (C=O) groups excluding carboxylic acids is 13. The first-order valence-corrected chi connectivity index (χ1v) is 33.8. The number of nitrogens with zero attached hydrogens (tertiary/aromatic N) is 5. The number of hydrogen-bond donors (Lipinski definition) is 16. The predicted octanol–water partition coefficient (Wildman–Crippen LogP) is -1.62. The van der Waals surface area contributed by atoms with Crippen LogP contribution in [0.4, 0.5) is 0 Å². The number of rotatable bonds is 26. The normalized spacial score (nSPS) is 19.7. The monoisotopic (exact) mass is 1460 g/mol. The van der Waals surface area contributed by atoms with Gasteiger partial charge in [0.05, 0.1) is 13.0 Å². The van der Waals surface area contributed by atoms with Crippen LogP contribution in [-0.4, -0.2) is 197 Å². The van der Waals surface area contributed by atoms with Crippen LogP contribution in [0.15, 0.2) is 107 Å². The van der Waals surface area contributed by atoms with E-state index >= 15 is 14.4 Å². The third kappa shape index (κ3) is 23.7. The molecule has 2 fully saturated rings. The lowest BCUT2D eigenvalue weighted by Gasteiger charge is -2.31. The number of nitrogens with two attached hydrogens (primary N) is 3. The van der Waals surface area contributed by atoms with Crippen molar-refractivity contribution in [2.45, 2.75) is 145 Å². The molecule has 0 aliphatic carbocycles. The van der Waals surface area contributed by atoms with Gasteiger partial charge in [-0.3, -0.25) is 67.3 Å². The van der Waals surface area contributed by atoms with Gasteiger partial charge >= 0.3 is 5.97 Å². The highest BCUT2D eigenvalue weighted by Gasteiger charge is 2.41. The average molecular weight is 1460 g/mol. The fourth-order valence-corrected chi connectivity index (χ4v) is 11.9. The summed E-state index contributed by atoms with van der Waals surface area (Å²) in [5.41, 5.74) is 28.0. The van der Waals surface area contributed by atoms with E-state index in [4.69, 9.17) is 28.8 Å². The first-order valence-electron chi connectivity index (χ1n) is 33.5. The zero-order chi connectivity index (χ0) is 75.7. The van der Waals surface area contributed by atoms with Crippen LogP contribution in [0.5, 0.6) is 0 Å². The van der Waals surface area contributed by atoms with E-state index in [2.05, 4.69) is 78.5 Å². The second-order valence-electron chi connectivity index (χ2n) is 25.4. The highest BCUT2D eigenvalue weighted by Crippen LogP contribution is 2.23. The van der Waals surface area contributed by atoms with Crippen LogP contribution in [0.25, 0.3) is 32.1 Å². The lowest BCUT2D eigenvalue weighted by molar-refractivity contribution is -0.145. The minimum atomic E-state index is -2.08. The van der Waals surface area contributed by atoms with Gasteiger partial charge in [0.1, 0.15) is 60.4 Å². The van der Waals surface area contributed by atoms with Crippen molar-refractivity contribution in [3.05, 3.63) is 129 Å². The number of guanidine groups is 1. The third-order valence-corrected chi connectivity index (χ3v) is 17.3. The topological polar surface area (TPSA) is 550 Å². The largest absolute Gasteiger partial charge is 0.480 e. The van der Waals surface area contributed by atoms with Gasteiger partial charge < -0.3 is 90.7 Å². The maximum absolute atomic E-state index is 15.2. The zero-order valence-electron chi connectivity index (χ0n) is 57.2. The van der Waals surface area contributed by atoms with Crippen molar-refractivity contribution in [3.8, 4) is 0 Å². The Morgan fingerprint density at radius 3 is 2.04 bits per heavy atom. The van der Waals surface area contributed by atoms with Gasteiger partial charge in [-0.25, -0.2) is 4.79 Å². The molecule has 2 aliphatic heterocycles. The van der Waals surface area contributed by atoms with Crippen LogP contribution in [0, 0.1) is 5.92 Å². The summed E-state index contributed by atoms with van der Waals surface area (Å²) in [7, 11) is 0. The second-order valence-corrected chi connectivity index (χ2v) is 25.9. The molecule has 554 valence electrons. The number of carboxylic acids is 1. The smallest absolute Gasteiger partial charge is 0.327 e. The van der Waals surface area contributed by atoms with Crippen LogP contribution in [0.3, 0.4) is 0 Å². The van der Waals surface area contributed by atoms with Gasteiger partial charge in [-0.2, -0.15) is 0 Å². The number of aliphatic imine (C=N–C) groups is 1. The average Bonchev–Trinajstić information content (AvgIpc) is 1.49. The number of halogens is 1. The molecule has 5 aromatic rings. The van der Waals surface area contributed by atoms with E-state index in [1.54, 1.807) is 92.8 Å². The number of carboxylic acid groups (broad SMARTS) is 1. The Bertz CT molecular complexity index is 4100. The number of para-hydroxylation sites is 1. The fourth-order valence-electron chi connectivity index (χ4n) is 11.8. The van der Waals surface area contributed by atoms with E-state index in [-0.39, 0.29) is 69.9 Å². The van der Waals surface area contributed by atoms with Crippen molar-refractivity contribution in [1.29, 1.82) is 0 Å². The Hall–Kier alpha value is -11.7. The van der Waals surface area contributed by atoms with Crippen molar-refractivity contribution in [3.63, 3.8) is 0 Å². The summed E-state index contributed by atoms with van der Waals surface area (Å²) in [6.07, 6.45) is -0.937. The molecule has 2 aliphatic rings. The molecule has 0 saturated carbocycles. The van der Waals surface area contributed by atoms with Gasteiger partial charge in [-0.15, -0.1) is 0 Å². The van der Waals surface area contributed by atoms with Crippen molar-refractivity contribution in [2.75, 3.05) is 32.7 Å². The van der Waals surface area contributed by atoms with E-state index in [1.165, 1.54) is 17.0 Å². The fraction of sp³-hybridized carbons (Fsp3) is 0.426. The van der Waals surface area contributed by atoms with Gasteiger partial charge in [0, 0.05) is 85.8 Å². The quantitative estimate of drug-likeness (QED) is 0.00739. The molecule has 0 spiro atoms. The summed E-state index contributed by atoms with van der Waals surface area (Å²) in [5.74, 6) is -15.3. The maximum Gasteiger partial charge on any atom is 0.327 e. The van der Waals surface area contributed by atoms with E-state index in [9.17, 15) is 63.4 Å². The Kier molecular flexibility index (Phi) is 29.4. The number of aliphatic carboxylic acids is 1. The van der Waals surface area contributed by atoms with E-state index in [1.807, 2.05) is 6.07 Å². The number of H-pyrrole nitrogens is 1. The number of fused-ring (bicyclic) bond motifs is 2. The van der Waals surface area contributed by atoms with Crippen molar-refractivity contribution < 1.29 is 72.2 Å². The molecule has 10 atom stereocenters. The highest BCUT2D eigenvalue weighted by molar-refractivity contribution is 6.30. The second kappa shape index (κ2) is 38.4. The summed E-state index contributed by atoms with van der Waals surface area (Å²) in [5, 5.41) is 42.7. The molecule has 0 bridgehead atoms. The Morgan fingerprint density at radius 2 is 1.36 bits per heavy atom. The molecule has 4 aromatic carbocycles. The summed E-state index contributed by atoms with van der Waals surface area (Å²) in [4.78, 5) is 208. The summed E-state index contributed by atoms with van der Waals surface area (Å²) >= 11 is 6.18. The first kappa shape index (κ1) is 79.6. The summed E-state index contributed by atoms with van der Waals surface area (Å²) < 4.78 is 0. The van der Waals surface area contributed by atoms with Crippen LogP contribution in [0.1, 0.15) is 82.4 Å². The molecule has 1 aromatic heterocycles. The van der Waals surface area contributed by atoms with Gasteiger partial charge in [-0.1, -0.05) is 98.2 Å². The molecule has 0 radical (unpaired) electrons. The standard InChI is InChI=1S/C68H85ClN20O15/c1-35(2)24-46(58(94)79-45(14-8-22-74-68(71)72)66(102)89-23-9-15-54(89)65(101)85-52(31-70)67(103)104)80-60(96)48(27-38-16-19-39-10-4-5-11-40(39)25-38)82-64(100)53-33-76-57(93)34-77-55(91)29-50(78-36(3)90)62(98)81-47(26-37-17-20-42(69)21-18-37)59(95)83-49(28-41-32-75-44-13-7-6-12-43(41)44)61(97)84-51(63(99)86-53)30-56(92)87-88-73/h4-7,10-13,16-21,25,32,35,45-54,75H,8-9,14-15,22-24,26-31,33-34,70H2,1-3H3,(H,76,93)(H,77,91)(H,78,90)(H,79,94)(H,80,96)(H,81,98)(H,82,100)(H,83,95)(H,84,97)(H,85,101)(H,86,99)(H,103,104)(H4,71,72,74)/t45-,46-,47+,48+,49+,50-,51-,52-,53-,54-/m0/s1. The van der Waals surface area contributed by atoms with Gasteiger partial charge in [0.2, 0.25) is 76.8 Å². The number of carbonyl (C=O) groups is 14. The minimum absolute atomic E-state index is 0.00141. The molecule has 36 heteroatoms. The van der Waals surface area contributed by atoms with E-state index in [0.29, 0.717) is 44.4 Å². The number of benzene rings is 4. The molecule has 0 unspecified atom stereocenters. The Labute approximate surface area is 600 Å². The lowest BCUT2D eigenvalue weighted by atomic mass is 9.98. The van der Waals surface area contributed by atoms with E-state index < -0.39 is 176 Å². The van der Waals surface area contributed by atoms with Crippen molar-refractivity contribution >= 4 is 122 Å². The molecular formula is C68H85ClN20O15. The molecule has 104 heavy (non-hydrogen) atoms. The molecular weight excluding hydrogens is 1370 g/mol. The number of likely N-dealkylation sites (tertiary alicyclic amines) is 1. The summed E-state index contributed by atoms with van der Waals surface area (Å²) in [6, 6.07) is 9.09. The molecule has 19 N–H and O–H groups in total. The number of azide groups is 1. The molecule has 3 heterocycles. The molecule has 35 nitrogen and oxygen atoms in total. The van der Waals surface area contributed by atoms with Gasteiger partial charge in [0.25, 0.3) is 0 Å². The van der Waals surface area contributed by atoms with E-state index in [0.717, 1.165) is 12.3 Å². The molecule has 2 saturated heterocycles. The predicted molar refractivity (Wildman–Crippen MR) is 378 cm³/mol. The zero-order valence-corrected chi connectivity index (χ0v) is 58.0. The van der Waals surface area contributed by atoms with Gasteiger partial charge in [-0.05, 0) is 94.3 Å². The van der Waals surface area contributed by atoms with Crippen LogP contribution in [0.2, 0.25) is 5.02 Å². The van der Waals surface area contributed by atoms with Gasteiger partial charge in [0.15, 0.2) is 5.96 Å². The van der Waals surface area contributed by atoms with Crippen LogP contribution < -0.4 is 75.7 Å². The number of aromatic amines is 1. The number of amides is 13. The molecule has 13 amide bonds. The summed E-state index contributed by atoms with van der Waals surface area (Å²) in [6.45, 7) is 2.38. The lowest BCUT2D eigenvalue weighted by Crippen LogP contribution is -2.62. The maximum atomic E-state index is 15.2. The first-order chi connectivity index (χ1) is 49.6. The van der Waals surface area contributed by atoms with Crippen molar-refractivity contribution in [2.24, 2.45) is 33.2 Å². The van der Waals surface area contributed by atoms with Crippen molar-refractivity contribution in [1.82, 2.24) is 68.4 Å². The molecule has 7 rings (SSSR count). The minimum Gasteiger partial charge on any atom is -0.480 e. The number of nitrogens with one attached hydrogen (secondary N) is 12. The third-order valence-electron chi connectivity index (χ3n) is 17.0. The Balaban J connectivity index is 1.26. The number of aromatic nitrogens is 1. The number of hydrogen-bond acceptors (Lipinski definition) is 16. The Morgan fingerprint density at radius 1 is 0.721 bits per heavy atom.